The number of likely N-dealkylation sites (N-methyl/N-ethyl adjacent to an activating group) is 1. The Kier molecular flexibility index (Phi) is 8.11. The summed E-state index contributed by atoms with van der Waals surface area (Å²) in [6.07, 6.45) is 2.32. The van der Waals surface area contributed by atoms with Crippen molar-refractivity contribution < 1.29 is 4.79 Å². The van der Waals surface area contributed by atoms with E-state index in [0.29, 0.717) is 12.6 Å². The Morgan fingerprint density at radius 2 is 2.04 bits per heavy atom. The molecule has 0 heterocycles. The van der Waals surface area contributed by atoms with E-state index in [1.165, 1.54) is 0 Å². The minimum Gasteiger partial charge on any atom is -0.353 e. The number of nitrogens with one attached hydrogen (secondary N) is 1. The van der Waals surface area contributed by atoms with E-state index in [1.807, 2.05) is 36.2 Å². The zero-order valence-corrected chi connectivity index (χ0v) is 16.8. The number of guanidine groups is 1. The van der Waals surface area contributed by atoms with Crippen molar-refractivity contribution in [1.29, 1.82) is 0 Å². The van der Waals surface area contributed by atoms with E-state index < -0.39 is 0 Å². The Balaban J connectivity index is 0.00000264. The van der Waals surface area contributed by atoms with Crippen LogP contribution in [-0.4, -0.2) is 55.4 Å². The summed E-state index contributed by atoms with van der Waals surface area (Å²) in [5.74, 6) is 0.754. The highest BCUT2D eigenvalue weighted by molar-refractivity contribution is 14.0. The maximum Gasteiger partial charge on any atom is 0.243 e. The van der Waals surface area contributed by atoms with Crippen LogP contribution in [-0.2, 0) is 11.3 Å². The summed E-state index contributed by atoms with van der Waals surface area (Å²) in [5.41, 5.74) is 1.11. The van der Waals surface area contributed by atoms with Gasteiger partial charge in [-0.25, -0.2) is 4.99 Å². The average molecular weight is 451 g/mol. The predicted molar refractivity (Wildman–Crippen MR) is 105 cm³/mol. The molecule has 5 nitrogen and oxygen atoms in total. The molecule has 128 valence electrons. The lowest BCUT2D eigenvalue weighted by Crippen LogP contribution is -2.40. The second kappa shape index (κ2) is 9.32. The fourth-order valence-electron chi connectivity index (χ4n) is 1.95. The van der Waals surface area contributed by atoms with Crippen molar-refractivity contribution >= 4 is 47.4 Å². The number of carbonyl (C=O) groups excluding carboxylic acids is 1. The van der Waals surface area contributed by atoms with E-state index in [0.717, 1.165) is 29.4 Å². The van der Waals surface area contributed by atoms with Gasteiger partial charge in [-0.3, -0.25) is 4.79 Å². The third-order valence-corrected chi connectivity index (χ3v) is 3.68. The standard InChI is InChI=1S/C16H23ClN4O.HI/c1-20(2)15(22)10-18-16(19-14-7-8-14)21(3)11-12-5-4-6-13(17)9-12;/h4-6,9,14H,7-8,10-11H2,1-3H3,(H,18,19);1H. The zero-order chi connectivity index (χ0) is 16.1. The highest BCUT2D eigenvalue weighted by atomic mass is 127. The van der Waals surface area contributed by atoms with Gasteiger partial charge in [0.1, 0.15) is 6.54 Å². The average Bonchev–Trinajstić information content (AvgIpc) is 3.26. The lowest BCUT2D eigenvalue weighted by atomic mass is 10.2. The third kappa shape index (κ3) is 6.95. The molecule has 0 radical (unpaired) electrons. The highest BCUT2D eigenvalue weighted by Crippen LogP contribution is 2.19. The predicted octanol–water partition coefficient (Wildman–Crippen LogP) is 2.59. The number of halogens is 2. The van der Waals surface area contributed by atoms with Crippen molar-refractivity contribution in [2.24, 2.45) is 4.99 Å². The number of nitrogens with zero attached hydrogens (tertiary/aromatic N) is 3. The van der Waals surface area contributed by atoms with Gasteiger partial charge in [0.05, 0.1) is 0 Å². The Labute approximate surface area is 160 Å². The van der Waals surface area contributed by atoms with E-state index in [1.54, 1.807) is 19.0 Å². The van der Waals surface area contributed by atoms with E-state index in [-0.39, 0.29) is 36.4 Å². The van der Waals surface area contributed by atoms with Crippen molar-refractivity contribution in [3.05, 3.63) is 34.9 Å². The van der Waals surface area contributed by atoms with Crippen LogP contribution >= 0.6 is 35.6 Å². The number of hydrogen-bond acceptors (Lipinski definition) is 2. The molecule has 23 heavy (non-hydrogen) atoms. The molecule has 7 heteroatoms. The molecule has 0 bridgehead atoms. The fourth-order valence-corrected chi connectivity index (χ4v) is 2.17. The molecule has 0 saturated heterocycles. The lowest BCUT2D eigenvalue weighted by Gasteiger charge is -2.23. The first kappa shape index (κ1) is 20.0. The largest absolute Gasteiger partial charge is 0.353 e. The molecule has 1 N–H and O–H groups in total. The molecule has 1 aliphatic carbocycles. The van der Waals surface area contributed by atoms with Gasteiger partial charge < -0.3 is 15.1 Å². The van der Waals surface area contributed by atoms with E-state index in [2.05, 4.69) is 10.3 Å². The third-order valence-electron chi connectivity index (χ3n) is 3.44. The fraction of sp³-hybridized carbons (Fsp3) is 0.500. The second-order valence-corrected chi connectivity index (χ2v) is 6.27. The van der Waals surface area contributed by atoms with E-state index in [4.69, 9.17) is 11.6 Å². The van der Waals surface area contributed by atoms with Gasteiger partial charge in [0, 0.05) is 38.8 Å². The first-order chi connectivity index (χ1) is 10.5. The van der Waals surface area contributed by atoms with Crippen LogP contribution in [0, 0.1) is 0 Å². The summed E-state index contributed by atoms with van der Waals surface area (Å²) in [4.78, 5) is 19.8. The summed E-state index contributed by atoms with van der Waals surface area (Å²) in [7, 11) is 5.44. The molecule has 1 saturated carbocycles. The van der Waals surface area contributed by atoms with Crippen LogP contribution < -0.4 is 5.32 Å². The Hall–Kier alpha value is -1.02. The topological polar surface area (TPSA) is 47.9 Å². The van der Waals surface area contributed by atoms with Gasteiger partial charge in [-0.1, -0.05) is 23.7 Å². The number of rotatable bonds is 5. The minimum atomic E-state index is -0.00810. The molecule has 0 aliphatic heterocycles. The maximum absolute atomic E-state index is 11.7. The van der Waals surface area contributed by atoms with Gasteiger partial charge in [0.25, 0.3) is 0 Å². The number of carbonyl (C=O) groups is 1. The molecule has 0 aromatic heterocycles. The molecular formula is C16H24ClIN4O. The summed E-state index contributed by atoms with van der Waals surface area (Å²) >= 11 is 6.03. The van der Waals surface area contributed by atoms with Gasteiger partial charge in [-0.2, -0.15) is 0 Å². The molecule has 1 aromatic carbocycles. The van der Waals surface area contributed by atoms with E-state index in [9.17, 15) is 4.79 Å². The van der Waals surface area contributed by atoms with Crippen LogP contribution in [0.15, 0.2) is 29.3 Å². The zero-order valence-electron chi connectivity index (χ0n) is 13.8. The summed E-state index contributed by atoms with van der Waals surface area (Å²) in [6, 6.07) is 8.25. The molecule has 1 aromatic rings. The second-order valence-electron chi connectivity index (χ2n) is 5.83. The smallest absolute Gasteiger partial charge is 0.243 e. The van der Waals surface area contributed by atoms with Crippen LogP contribution in [0.4, 0.5) is 0 Å². The Bertz CT molecular complexity index is 561. The number of aliphatic imine (C=N–C) groups is 1. The van der Waals surface area contributed by atoms with Gasteiger partial charge in [-0.15, -0.1) is 24.0 Å². The first-order valence-corrected chi connectivity index (χ1v) is 7.80. The molecular weight excluding hydrogens is 427 g/mol. The Morgan fingerprint density at radius 1 is 1.35 bits per heavy atom. The van der Waals surface area contributed by atoms with Crippen LogP contribution in [0.3, 0.4) is 0 Å². The molecule has 0 atom stereocenters. The molecule has 1 amide bonds. The van der Waals surface area contributed by atoms with Crippen molar-refractivity contribution in [2.75, 3.05) is 27.7 Å². The quantitative estimate of drug-likeness (QED) is 0.426. The van der Waals surface area contributed by atoms with Crippen LogP contribution in [0.25, 0.3) is 0 Å². The highest BCUT2D eigenvalue weighted by Gasteiger charge is 2.24. The molecule has 2 rings (SSSR count). The maximum atomic E-state index is 11.7. The molecule has 0 spiro atoms. The van der Waals surface area contributed by atoms with Crippen molar-refractivity contribution in [3.63, 3.8) is 0 Å². The Morgan fingerprint density at radius 3 is 2.61 bits per heavy atom. The number of hydrogen-bond donors (Lipinski definition) is 1. The van der Waals surface area contributed by atoms with Crippen LogP contribution in [0.5, 0.6) is 0 Å². The van der Waals surface area contributed by atoms with Gasteiger partial charge in [-0.05, 0) is 30.5 Å². The monoisotopic (exact) mass is 450 g/mol. The molecule has 1 aliphatic rings. The van der Waals surface area contributed by atoms with Gasteiger partial charge in [0.15, 0.2) is 5.96 Å². The first-order valence-electron chi connectivity index (χ1n) is 7.42. The molecule has 1 fully saturated rings. The summed E-state index contributed by atoms with van der Waals surface area (Å²) in [5, 5.41) is 4.12. The number of benzene rings is 1. The number of amides is 1. The minimum absolute atomic E-state index is 0. The van der Waals surface area contributed by atoms with Crippen LogP contribution in [0.2, 0.25) is 5.02 Å². The lowest BCUT2D eigenvalue weighted by molar-refractivity contribution is -0.127. The SMILES string of the molecule is CN(C)C(=O)CN=C(NC1CC1)N(C)Cc1cccc(Cl)c1.I. The van der Waals surface area contributed by atoms with Crippen LogP contribution in [0.1, 0.15) is 18.4 Å². The van der Waals surface area contributed by atoms with Crippen molar-refractivity contribution in [3.8, 4) is 0 Å². The van der Waals surface area contributed by atoms with E-state index >= 15 is 0 Å². The molecule has 0 unspecified atom stereocenters. The van der Waals surface area contributed by atoms with Gasteiger partial charge >= 0.3 is 0 Å². The van der Waals surface area contributed by atoms with Crippen molar-refractivity contribution in [1.82, 2.24) is 15.1 Å². The van der Waals surface area contributed by atoms with Crippen molar-refractivity contribution in [2.45, 2.75) is 25.4 Å². The normalized spacial score (nSPS) is 14.0. The summed E-state index contributed by atoms with van der Waals surface area (Å²) in [6.45, 7) is 0.844. The summed E-state index contributed by atoms with van der Waals surface area (Å²) < 4.78 is 0. The van der Waals surface area contributed by atoms with Gasteiger partial charge in [0.2, 0.25) is 5.91 Å².